The number of amides is 1. The van der Waals surface area contributed by atoms with Crippen molar-refractivity contribution in [3.8, 4) is 5.75 Å². The Morgan fingerprint density at radius 2 is 1.68 bits per heavy atom. The van der Waals surface area contributed by atoms with Crippen LogP contribution < -0.4 is 10.1 Å². The maximum absolute atomic E-state index is 12.7. The van der Waals surface area contributed by atoms with E-state index in [0.29, 0.717) is 12.1 Å². The fraction of sp³-hybridized carbons (Fsp3) is 0.190. The summed E-state index contributed by atoms with van der Waals surface area (Å²) in [6.45, 7) is 0.360. The van der Waals surface area contributed by atoms with Crippen molar-refractivity contribution in [3.05, 3.63) is 77.9 Å². The Morgan fingerprint density at radius 3 is 2.48 bits per heavy atom. The third-order valence-electron chi connectivity index (χ3n) is 4.25. The highest BCUT2D eigenvalue weighted by Crippen LogP contribution is 2.26. The number of carbonyl (C=O) groups is 1. The fourth-order valence-corrected chi connectivity index (χ4v) is 2.96. The number of methoxy groups -OCH3 is 2. The van der Waals surface area contributed by atoms with Crippen molar-refractivity contribution >= 4 is 16.7 Å². The molecule has 0 aliphatic rings. The van der Waals surface area contributed by atoms with Gasteiger partial charge < -0.3 is 14.8 Å². The van der Waals surface area contributed by atoms with Crippen molar-refractivity contribution in [2.45, 2.75) is 6.10 Å². The number of rotatable bonds is 6. The third kappa shape index (κ3) is 3.64. The van der Waals surface area contributed by atoms with Crippen LogP contribution in [0.15, 0.2) is 66.7 Å². The van der Waals surface area contributed by atoms with Crippen molar-refractivity contribution in [1.82, 2.24) is 5.32 Å². The Balaban J connectivity index is 1.78. The van der Waals surface area contributed by atoms with E-state index >= 15 is 0 Å². The average molecular weight is 335 g/mol. The first-order valence-electron chi connectivity index (χ1n) is 8.16. The highest BCUT2D eigenvalue weighted by atomic mass is 16.5. The van der Waals surface area contributed by atoms with E-state index in [2.05, 4.69) is 5.32 Å². The molecule has 0 saturated carbocycles. The first-order valence-corrected chi connectivity index (χ1v) is 8.16. The van der Waals surface area contributed by atoms with Gasteiger partial charge in [-0.2, -0.15) is 0 Å². The Hall–Kier alpha value is -2.85. The zero-order valence-electron chi connectivity index (χ0n) is 14.4. The van der Waals surface area contributed by atoms with Gasteiger partial charge in [0, 0.05) is 24.8 Å². The summed E-state index contributed by atoms with van der Waals surface area (Å²) in [4.78, 5) is 12.7. The minimum Gasteiger partial charge on any atom is -0.496 e. The van der Waals surface area contributed by atoms with Gasteiger partial charge in [-0.3, -0.25) is 4.79 Å². The lowest BCUT2D eigenvalue weighted by Gasteiger charge is -2.19. The van der Waals surface area contributed by atoms with Crippen LogP contribution in [-0.4, -0.2) is 26.7 Å². The summed E-state index contributed by atoms with van der Waals surface area (Å²) >= 11 is 0. The number of hydrogen-bond acceptors (Lipinski definition) is 3. The standard InChI is InChI=1S/C21H21NO3/c1-24-19-13-6-5-11-18(19)20(25-2)14-22-21(23)17-12-7-9-15-8-3-4-10-16(15)17/h3-13,20H,14H2,1-2H3,(H,22,23). The van der Waals surface area contributed by atoms with E-state index in [9.17, 15) is 4.79 Å². The molecular formula is C21H21NO3. The topological polar surface area (TPSA) is 47.6 Å². The Bertz CT molecular complexity index is 870. The normalized spacial score (nSPS) is 11.9. The van der Waals surface area contributed by atoms with Gasteiger partial charge in [-0.1, -0.05) is 54.6 Å². The van der Waals surface area contributed by atoms with Crippen LogP contribution in [0.1, 0.15) is 22.0 Å². The van der Waals surface area contributed by atoms with E-state index in [1.54, 1.807) is 14.2 Å². The average Bonchev–Trinajstić information content (AvgIpc) is 2.68. The molecule has 0 spiro atoms. The molecule has 3 aromatic rings. The molecule has 0 aromatic heterocycles. The van der Waals surface area contributed by atoms with E-state index in [0.717, 1.165) is 22.1 Å². The summed E-state index contributed by atoms with van der Waals surface area (Å²) < 4.78 is 10.9. The first kappa shape index (κ1) is 17.0. The molecule has 0 saturated heterocycles. The molecule has 4 nitrogen and oxygen atoms in total. The van der Waals surface area contributed by atoms with Gasteiger partial charge in [-0.05, 0) is 22.9 Å². The van der Waals surface area contributed by atoms with Gasteiger partial charge >= 0.3 is 0 Å². The number of para-hydroxylation sites is 1. The summed E-state index contributed by atoms with van der Waals surface area (Å²) in [5.41, 5.74) is 1.57. The zero-order chi connectivity index (χ0) is 17.6. The molecule has 0 radical (unpaired) electrons. The SMILES string of the molecule is COc1ccccc1C(CNC(=O)c1cccc2ccccc12)OC. The van der Waals surface area contributed by atoms with Gasteiger partial charge in [-0.15, -0.1) is 0 Å². The molecule has 0 heterocycles. The molecule has 0 fully saturated rings. The van der Waals surface area contributed by atoms with Gasteiger partial charge in [-0.25, -0.2) is 0 Å². The van der Waals surface area contributed by atoms with Gasteiger partial charge in [0.05, 0.1) is 7.11 Å². The van der Waals surface area contributed by atoms with Crippen LogP contribution in [0.4, 0.5) is 0 Å². The molecule has 3 aromatic carbocycles. The quantitative estimate of drug-likeness (QED) is 0.741. The van der Waals surface area contributed by atoms with Crippen LogP contribution >= 0.6 is 0 Å². The molecule has 1 amide bonds. The summed E-state index contributed by atoms with van der Waals surface area (Å²) in [6, 6.07) is 21.2. The smallest absolute Gasteiger partial charge is 0.252 e. The number of benzene rings is 3. The fourth-order valence-electron chi connectivity index (χ4n) is 2.96. The molecule has 0 bridgehead atoms. The predicted molar refractivity (Wildman–Crippen MR) is 99.0 cm³/mol. The summed E-state index contributed by atoms with van der Waals surface area (Å²) in [5.74, 6) is 0.627. The second-order valence-corrected chi connectivity index (χ2v) is 5.70. The zero-order valence-corrected chi connectivity index (χ0v) is 14.4. The molecule has 3 rings (SSSR count). The highest BCUT2D eigenvalue weighted by molar-refractivity contribution is 6.07. The number of nitrogens with one attached hydrogen (secondary N) is 1. The summed E-state index contributed by atoms with van der Waals surface area (Å²) in [5, 5.41) is 4.96. The van der Waals surface area contributed by atoms with E-state index in [-0.39, 0.29) is 12.0 Å². The van der Waals surface area contributed by atoms with Crippen LogP contribution in [0.25, 0.3) is 10.8 Å². The number of ether oxygens (including phenoxy) is 2. The Morgan fingerprint density at radius 1 is 0.960 bits per heavy atom. The minimum absolute atomic E-state index is 0.117. The van der Waals surface area contributed by atoms with Crippen LogP contribution in [0.5, 0.6) is 5.75 Å². The molecule has 0 aliphatic heterocycles. The summed E-state index contributed by atoms with van der Waals surface area (Å²) in [6.07, 6.45) is -0.282. The molecule has 0 aliphatic carbocycles. The third-order valence-corrected chi connectivity index (χ3v) is 4.25. The van der Waals surface area contributed by atoms with Gasteiger partial charge in [0.1, 0.15) is 11.9 Å². The van der Waals surface area contributed by atoms with E-state index in [4.69, 9.17) is 9.47 Å². The first-order chi connectivity index (χ1) is 12.2. The minimum atomic E-state index is -0.282. The molecule has 1 unspecified atom stereocenters. The van der Waals surface area contributed by atoms with E-state index in [1.807, 2.05) is 66.7 Å². The second-order valence-electron chi connectivity index (χ2n) is 5.70. The van der Waals surface area contributed by atoms with Crippen LogP contribution in [0.2, 0.25) is 0 Å². The van der Waals surface area contributed by atoms with Crippen molar-refractivity contribution in [3.63, 3.8) is 0 Å². The van der Waals surface area contributed by atoms with Gasteiger partial charge in [0.2, 0.25) is 0 Å². The van der Waals surface area contributed by atoms with Crippen LogP contribution in [0.3, 0.4) is 0 Å². The number of fused-ring (bicyclic) bond motifs is 1. The predicted octanol–water partition coefficient (Wildman–Crippen LogP) is 3.97. The van der Waals surface area contributed by atoms with Gasteiger partial charge in [0.15, 0.2) is 0 Å². The monoisotopic (exact) mass is 335 g/mol. The summed E-state index contributed by atoms with van der Waals surface area (Å²) in [7, 11) is 3.25. The maximum atomic E-state index is 12.7. The van der Waals surface area contributed by atoms with Gasteiger partial charge in [0.25, 0.3) is 5.91 Å². The largest absolute Gasteiger partial charge is 0.496 e. The molecule has 25 heavy (non-hydrogen) atoms. The van der Waals surface area contributed by atoms with Crippen molar-refractivity contribution in [2.75, 3.05) is 20.8 Å². The lowest BCUT2D eigenvalue weighted by molar-refractivity contribution is 0.0820. The molecule has 4 heteroatoms. The highest BCUT2D eigenvalue weighted by Gasteiger charge is 2.17. The number of carbonyl (C=O) groups excluding carboxylic acids is 1. The maximum Gasteiger partial charge on any atom is 0.252 e. The van der Waals surface area contributed by atoms with E-state index in [1.165, 1.54) is 0 Å². The van der Waals surface area contributed by atoms with Crippen molar-refractivity contribution < 1.29 is 14.3 Å². The molecule has 1 atom stereocenters. The van der Waals surface area contributed by atoms with E-state index < -0.39 is 0 Å². The van der Waals surface area contributed by atoms with Crippen LogP contribution in [0, 0.1) is 0 Å². The van der Waals surface area contributed by atoms with Crippen molar-refractivity contribution in [2.24, 2.45) is 0 Å². The number of hydrogen-bond donors (Lipinski definition) is 1. The molecule has 1 N–H and O–H groups in total. The molecule has 128 valence electrons. The van der Waals surface area contributed by atoms with Crippen LogP contribution in [-0.2, 0) is 4.74 Å². The second kappa shape index (κ2) is 7.81. The lowest BCUT2D eigenvalue weighted by atomic mass is 10.0. The Kier molecular flexibility index (Phi) is 5.31. The molecular weight excluding hydrogens is 314 g/mol. The lowest BCUT2D eigenvalue weighted by Crippen LogP contribution is -2.29. The van der Waals surface area contributed by atoms with Crippen molar-refractivity contribution in [1.29, 1.82) is 0 Å². The Labute approximate surface area is 147 Å².